The van der Waals surface area contributed by atoms with Crippen LogP contribution in [0.25, 0.3) is 0 Å². The molecule has 1 saturated heterocycles. The zero-order valence-electron chi connectivity index (χ0n) is 11.6. The van der Waals surface area contributed by atoms with Crippen LogP contribution in [0.2, 0.25) is 0 Å². The normalized spacial score (nSPS) is 19.2. The van der Waals surface area contributed by atoms with E-state index in [4.69, 9.17) is 5.26 Å². The van der Waals surface area contributed by atoms with Gasteiger partial charge in [-0.15, -0.1) is 0 Å². The minimum atomic E-state index is -0.185. The Bertz CT molecular complexity index is 247. The molecule has 0 aromatic rings. The van der Waals surface area contributed by atoms with Gasteiger partial charge in [0, 0.05) is 6.04 Å². The van der Waals surface area contributed by atoms with E-state index in [0.717, 1.165) is 13.0 Å². The highest BCUT2D eigenvalue weighted by molar-refractivity contribution is 4.92. The molecule has 1 aliphatic heterocycles. The molecule has 0 unspecified atom stereocenters. The van der Waals surface area contributed by atoms with Crippen molar-refractivity contribution in [2.24, 2.45) is 5.41 Å². The van der Waals surface area contributed by atoms with E-state index in [1.807, 2.05) is 13.8 Å². The molecule has 0 radical (unpaired) electrons. The summed E-state index contributed by atoms with van der Waals surface area (Å²) in [7, 11) is 0. The fourth-order valence-corrected chi connectivity index (χ4v) is 2.32. The highest BCUT2D eigenvalue weighted by Crippen LogP contribution is 2.18. The molecule has 0 saturated carbocycles. The van der Waals surface area contributed by atoms with Gasteiger partial charge in [0.1, 0.15) is 0 Å². The third kappa shape index (κ3) is 5.52. The van der Waals surface area contributed by atoms with E-state index < -0.39 is 0 Å². The minimum absolute atomic E-state index is 0.185. The van der Waals surface area contributed by atoms with Gasteiger partial charge in [-0.3, -0.25) is 0 Å². The zero-order chi connectivity index (χ0) is 12.7. The first-order chi connectivity index (χ1) is 8.07. The molecule has 0 aromatic carbocycles. The molecule has 0 spiro atoms. The van der Waals surface area contributed by atoms with Crippen molar-refractivity contribution in [3.05, 3.63) is 0 Å². The van der Waals surface area contributed by atoms with Crippen LogP contribution in [0.1, 0.15) is 46.5 Å². The lowest BCUT2D eigenvalue weighted by Crippen LogP contribution is -2.43. The first kappa shape index (κ1) is 14.5. The summed E-state index contributed by atoms with van der Waals surface area (Å²) in [5.41, 5.74) is -0.185. The molecule has 0 atom stereocenters. The molecule has 1 N–H and O–H groups in total. The SMILES string of the molecule is CCCN1CCC(NCCC(C)(C)C#N)CC1. The van der Waals surface area contributed by atoms with Gasteiger partial charge in [-0.05, 0) is 65.7 Å². The van der Waals surface area contributed by atoms with Crippen LogP contribution >= 0.6 is 0 Å². The lowest BCUT2D eigenvalue weighted by molar-refractivity contribution is 0.196. The molecule has 0 amide bonds. The van der Waals surface area contributed by atoms with Gasteiger partial charge in [0.05, 0.1) is 11.5 Å². The second-order valence-electron chi connectivity index (χ2n) is 5.82. The highest BCUT2D eigenvalue weighted by atomic mass is 15.1. The van der Waals surface area contributed by atoms with Crippen molar-refractivity contribution in [3.8, 4) is 6.07 Å². The summed E-state index contributed by atoms with van der Waals surface area (Å²) >= 11 is 0. The fraction of sp³-hybridized carbons (Fsp3) is 0.929. The van der Waals surface area contributed by atoms with Crippen molar-refractivity contribution in [3.63, 3.8) is 0 Å². The maximum atomic E-state index is 8.94. The molecular formula is C14H27N3. The number of hydrogen-bond acceptors (Lipinski definition) is 3. The maximum Gasteiger partial charge on any atom is 0.0684 e. The van der Waals surface area contributed by atoms with Crippen LogP contribution in [0.4, 0.5) is 0 Å². The first-order valence-corrected chi connectivity index (χ1v) is 6.94. The Labute approximate surface area is 106 Å². The second-order valence-corrected chi connectivity index (χ2v) is 5.82. The van der Waals surface area contributed by atoms with Crippen LogP contribution in [-0.2, 0) is 0 Å². The van der Waals surface area contributed by atoms with Gasteiger partial charge in [0.2, 0.25) is 0 Å². The van der Waals surface area contributed by atoms with E-state index in [1.165, 1.54) is 38.9 Å². The lowest BCUT2D eigenvalue weighted by atomic mass is 9.91. The lowest BCUT2D eigenvalue weighted by Gasteiger charge is -2.32. The van der Waals surface area contributed by atoms with Gasteiger partial charge >= 0.3 is 0 Å². The smallest absolute Gasteiger partial charge is 0.0684 e. The Morgan fingerprint density at radius 2 is 2.00 bits per heavy atom. The molecule has 1 fully saturated rings. The van der Waals surface area contributed by atoms with Crippen LogP contribution in [0, 0.1) is 16.7 Å². The predicted octanol–water partition coefficient (Wildman–Crippen LogP) is 2.39. The number of nitrogens with one attached hydrogen (secondary N) is 1. The molecule has 1 rings (SSSR count). The Morgan fingerprint density at radius 3 is 2.53 bits per heavy atom. The summed E-state index contributed by atoms with van der Waals surface area (Å²) < 4.78 is 0. The van der Waals surface area contributed by atoms with Crippen molar-refractivity contribution in [1.29, 1.82) is 5.26 Å². The molecule has 98 valence electrons. The Kier molecular flexibility index (Phi) is 5.94. The summed E-state index contributed by atoms with van der Waals surface area (Å²) in [6, 6.07) is 3.02. The summed E-state index contributed by atoms with van der Waals surface area (Å²) in [4.78, 5) is 2.55. The first-order valence-electron chi connectivity index (χ1n) is 6.94. The average Bonchev–Trinajstić information content (AvgIpc) is 2.32. The monoisotopic (exact) mass is 237 g/mol. The molecule has 1 aliphatic rings. The summed E-state index contributed by atoms with van der Waals surface area (Å²) in [5.74, 6) is 0. The maximum absolute atomic E-state index is 8.94. The Balaban J connectivity index is 2.13. The van der Waals surface area contributed by atoms with E-state index in [-0.39, 0.29) is 5.41 Å². The van der Waals surface area contributed by atoms with E-state index in [9.17, 15) is 0 Å². The molecule has 0 aromatic heterocycles. The standard InChI is InChI=1S/C14H27N3/c1-4-9-17-10-5-13(6-11-17)16-8-7-14(2,3)12-15/h13,16H,4-11H2,1-3H3. The zero-order valence-corrected chi connectivity index (χ0v) is 11.6. The van der Waals surface area contributed by atoms with Gasteiger partial charge in [-0.1, -0.05) is 6.92 Å². The van der Waals surface area contributed by atoms with Crippen molar-refractivity contribution in [2.75, 3.05) is 26.2 Å². The number of rotatable bonds is 6. The van der Waals surface area contributed by atoms with E-state index >= 15 is 0 Å². The fourth-order valence-electron chi connectivity index (χ4n) is 2.32. The molecular weight excluding hydrogens is 210 g/mol. The molecule has 3 nitrogen and oxygen atoms in total. The van der Waals surface area contributed by atoms with Crippen molar-refractivity contribution < 1.29 is 0 Å². The molecule has 0 bridgehead atoms. The second kappa shape index (κ2) is 6.98. The van der Waals surface area contributed by atoms with E-state index in [1.54, 1.807) is 0 Å². The van der Waals surface area contributed by atoms with E-state index in [0.29, 0.717) is 6.04 Å². The van der Waals surface area contributed by atoms with Crippen LogP contribution in [0.5, 0.6) is 0 Å². The van der Waals surface area contributed by atoms with Crippen molar-refractivity contribution >= 4 is 0 Å². The predicted molar refractivity (Wildman–Crippen MR) is 71.8 cm³/mol. The van der Waals surface area contributed by atoms with Crippen molar-refractivity contribution in [2.45, 2.75) is 52.5 Å². The van der Waals surface area contributed by atoms with Crippen LogP contribution in [-0.4, -0.2) is 37.1 Å². The number of hydrogen-bond donors (Lipinski definition) is 1. The average molecular weight is 237 g/mol. The molecule has 0 aliphatic carbocycles. The summed E-state index contributed by atoms with van der Waals surface area (Å²) in [6.45, 7) is 10.9. The van der Waals surface area contributed by atoms with Crippen LogP contribution in [0.3, 0.4) is 0 Å². The summed E-state index contributed by atoms with van der Waals surface area (Å²) in [5, 5.41) is 12.5. The summed E-state index contributed by atoms with van der Waals surface area (Å²) in [6.07, 6.45) is 4.72. The van der Waals surface area contributed by atoms with Crippen LogP contribution in [0.15, 0.2) is 0 Å². The number of nitriles is 1. The minimum Gasteiger partial charge on any atom is -0.314 e. The third-order valence-corrected chi connectivity index (χ3v) is 3.61. The quantitative estimate of drug-likeness (QED) is 0.771. The number of nitrogens with zero attached hydrogens (tertiary/aromatic N) is 2. The molecule has 17 heavy (non-hydrogen) atoms. The Morgan fingerprint density at radius 1 is 1.35 bits per heavy atom. The van der Waals surface area contributed by atoms with Gasteiger partial charge in [-0.25, -0.2) is 0 Å². The Hall–Kier alpha value is -0.590. The third-order valence-electron chi connectivity index (χ3n) is 3.61. The topological polar surface area (TPSA) is 39.1 Å². The van der Waals surface area contributed by atoms with Crippen LogP contribution < -0.4 is 5.32 Å². The largest absolute Gasteiger partial charge is 0.314 e. The van der Waals surface area contributed by atoms with E-state index in [2.05, 4.69) is 23.2 Å². The van der Waals surface area contributed by atoms with Crippen molar-refractivity contribution in [1.82, 2.24) is 10.2 Å². The highest BCUT2D eigenvalue weighted by Gasteiger charge is 2.20. The van der Waals surface area contributed by atoms with Gasteiger partial charge in [-0.2, -0.15) is 5.26 Å². The van der Waals surface area contributed by atoms with Gasteiger partial charge in [0.25, 0.3) is 0 Å². The van der Waals surface area contributed by atoms with Gasteiger partial charge in [0.15, 0.2) is 0 Å². The molecule has 3 heteroatoms. The molecule has 1 heterocycles. The van der Waals surface area contributed by atoms with Gasteiger partial charge < -0.3 is 10.2 Å². The number of likely N-dealkylation sites (tertiary alicyclic amines) is 1. The number of piperidine rings is 1.